The lowest BCUT2D eigenvalue weighted by Gasteiger charge is -2.05. The summed E-state index contributed by atoms with van der Waals surface area (Å²) in [4.78, 5) is 21.5. The zero-order valence-electron chi connectivity index (χ0n) is 7.33. The van der Waals surface area contributed by atoms with Gasteiger partial charge in [0.25, 0.3) is 0 Å². The van der Waals surface area contributed by atoms with Crippen molar-refractivity contribution in [2.45, 2.75) is 26.9 Å². The van der Waals surface area contributed by atoms with Gasteiger partial charge in [-0.3, -0.25) is 0 Å². The first kappa shape index (κ1) is 11.3. The Morgan fingerprint density at radius 2 is 1.92 bits per heavy atom. The molecule has 12 heavy (non-hydrogen) atoms. The minimum Gasteiger partial charge on any atom is -0.457 e. The van der Waals surface area contributed by atoms with Gasteiger partial charge in [0.15, 0.2) is 0 Å². The summed E-state index contributed by atoms with van der Waals surface area (Å²) < 4.78 is 9.21. The lowest BCUT2D eigenvalue weighted by atomic mass is 10.5. The molecule has 4 nitrogen and oxygen atoms in total. The predicted octanol–water partition coefficient (Wildman–Crippen LogP) is 2.42. The Morgan fingerprint density at radius 1 is 1.33 bits per heavy atom. The molecule has 0 unspecified atom stereocenters. The standard InChI is InChI=1S/C7H12O4S/c1-4-10-6(8)12-7(9)11-5(2)3/h5H,4H2,1-3H3. The van der Waals surface area contributed by atoms with Crippen molar-refractivity contribution >= 4 is 22.4 Å². The van der Waals surface area contributed by atoms with Gasteiger partial charge >= 0.3 is 10.6 Å². The van der Waals surface area contributed by atoms with Gasteiger partial charge in [-0.15, -0.1) is 0 Å². The summed E-state index contributed by atoms with van der Waals surface area (Å²) in [5, 5.41) is -1.24. The van der Waals surface area contributed by atoms with Crippen LogP contribution in [0.25, 0.3) is 0 Å². The van der Waals surface area contributed by atoms with Gasteiger partial charge in [-0.2, -0.15) is 0 Å². The number of hydrogen-bond donors (Lipinski definition) is 0. The third-order valence-corrected chi connectivity index (χ3v) is 1.31. The first-order chi connectivity index (χ1) is 5.56. The first-order valence-electron chi connectivity index (χ1n) is 3.61. The van der Waals surface area contributed by atoms with Crippen LogP contribution in [0.5, 0.6) is 0 Å². The molecule has 0 saturated heterocycles. The van der Waals surface area contributed by atoms with E-state index in [2.05, 4.69) is 4.74 Å². The molecule has 0 aromatic heterocycles. The highest BCUT2D eigenvalue weighted by molar-refractivity contribution is 8.25. The largest absolute Gasteiger partial charge is 0.457 e. The lowest BCUT2D eigenvalue weighted by molar-refractivity contribution is 0.142. The molecule has 0 radical (unpaired) electrons. The van der Waals surface area contributed by atoms with Gasteiger partial charge in [-0.05, 0) is 20.8 Å². The van der Waals surface area contributed by atoms with Gasteiger partial charge in [0, 0.05) is 0 Å². The van der Waals surface area contributed by atoms with Crippen LogP contribution in [0.4, 0.5) is 9.59 Å². The number of ether oxygens (including phenoxy) is 2. The van der Waals surface area contributed by atoms with Crippen LogP contribution in [0.2, 0.25) is 0 Å². The topological polar surface area (TPSA) is 52.6 Å². The Bertz CT molecular complexity index is 167. The smallest absolute Gasteiger partial charge is 0.378 e. The molecule has 5 heteroatoms. The highest BCUT2D eigenvalue weighted by Gasteiger charge is 2.13. The molecule has 0 fully saturated rings. The van der Waals surface area contributed by atoms with E-state index in [1.807, 2.05) is 0 Å². The van der Waals surface area contributed by atoms with Gasteiger partial charge < -0.3 is 9.47 Å². The Balaban J connectivity index is 3.62. The molecule has 0 aliphatic carbocycles. The van der Waals surface area contributed by atoms with Gasteiger partial charge in [-0.1, -0.05) is 0 Å². The minimum absolute atomic E-state index is 0.209. The molecule has 0 bridgehead atoms. The lowest BCUT2D eigenvalue weighted by Crippen LogP contribution is -2.09. The molecular weight excluding hydrogens is 180 g/mol. The zero-order chi connectivity index (χ0) is 9.56. The van der Waals surface area contributed by atoms with Crippen molar-refractivity contribution in [3.63, 3.8) is 0 Å². The molecule has 0 aliphatic rings. The van der Waals surface area contributed by atoms with E-state index in [-0.39, 0.29) is 12.7 Å². The van der Waals surface area contributed by atoms with Crippen molar-refractivity contribution in [3.8, 4) is 0 Å². The maximum Gasteiger partial charge on any atom is 0.378 e. The maximum absolute atomic E-state index is 10.8. The fourth-order valence-corrected chi connectivity index (χ4v) is 0.985. The maximum atomic E-state index is 10.8. The molecule has 0 aromatic rings. The second kappa shape index (κ2) is 5.88. The summed E-state index contributed by atoms with van der Waals surface area (Å²) in [6, 6.07) is 0. The first-order valence-corrected chi connectivity index (χ1v) is 4.43. The van der Waals surface area contributed by atoms with E-state index in [0.29, 0.717) is 11.8 Å². The van der Waals surface area contributed by atoms with Gasteiger partial charge in [0.1, 0.15) is 0 Å². The predicted molar refractivity (Wildman–Crippen MR) is 46.2 cm³/mol. The van der Waals surface area contributed by atoms with E-state index in [9.17, 15) is 9.59 Å². The fraction of sp³-hybridized carbons (Fsp3) is 0.714. The summed E-state index contributed by atoms with van der Waals surface area (Å²) >= 11 is 0.430. The van der Waals surface area contributed by atoms with Crippen LogP contribution in [0.3, 0.4) is 0 Å². The molecule has 0 saturated carbocycles. The van der Waals surface area contributed by atoms with Gasteiger partial charge in [-0.25, -0.2) is 9.59 Å². The molecule has 0 aliphatic heterocycles. The Labute approximate surface area is 75.6 Å². The molecular formula is C7H12O4S. The Morgan fingerprint density at radius 3 is 2.33 bits per heavy atom. The molecule has 0 aromatic carbocycles. The number of carbonyl (C=O) groups excluding carboxylic acids is 2. The molecule has 0 rings (SSSR count). The molecule has 0 spiro atoms. The van der Waals surface area contributed by atoms with Crippen LogP contribution in [-0.4, -0.2) is 23.3 Å². The van der Waals surface area contributed by atoms with Crippen molar-refractivity contribution in [2.24, 2.45) is 0 Å². The second-order valence-corrected chi connectivity index (χ2v) is 3.07. The average Bonchev–Trinajstić information content (AvgIpc) is 1.84. The van der Waals surface area contributed by atoms with E-state index >= 15 is 0 Å². The zero-order valence-corrected chi connectivity index (χ0v) is 8.14. The van der Waals surface area contributed by atoms with E-state index < -0.39 is 10.6 Å². The number of carbonyl (C=O) groups is 2. The van der Waals surface area contributed by atoms with Crippen molar-refractivity contribution in [1.82, 2.24) is 0 Å². The summed E-state index contributed by atoms with van der Waals surface area (Å²) in [7, 11) is 0. The van der Waals surface area contributed by atoms with Crippen LogP contribution in [-0.2, 0) is 9.47 Å². The van der Waals surface area contributed by atoms with Crippen LogP contribution in [0, 0.1) is 0 Å². The van der Waals surface area contributed by atoms with Crippen molar-refractivity contribution < 1.29 is 19.1 Å². The van der Waals surface area contributed by atoms with Crippen LogP contribution < -0.4 is 0 Å². The summed E-state index contributed by atoms with van der Waals surface area (Å²) in [5.41, 5.74) is 0. The van der Waals surface area contributed by atoms with Crippen LogP contribution in [0.1, 0.15) is 20.8 Å². The summed E-state index contributed by atoms with van der Waals surface area (Å²) in [6.45, 7) is 5.36. The summed E-state index contributed by atoms with van der Waals surface area (Å²) in [6.07, 6.45) is -0.209. The SMILES string of the molecule is CCOC(=O)SC(=O)OC(C)C. The Kier molecular flexibility index (Phi) is 5.53. The van der Waals surface area contributed by atoms with E-state index in [4.69, 9.17) is 4.74 Å². The highest BCUT2D eigenvalue weighted by atomic mass is 32.2. The molecule has 0 N–H and O–H groups in total. The third kappa shape index (κ3) is 6.03. The van der Waals surface area contributed by atoms with Crippen molar-refractivity contribution in [1.29, 1.82) is 0 Å². The van der Waals surface area contributed by atoms with E-state index in [1.54, 1.807) is 20.8 Å². The van der Waals surface area contributed by atoms with Crippen molar-refractivity contribution in [2.75, 3.05) is 6.61 Å². The number of thioether (sulfide) groups is 1. The third-order valence-electron chi connectivity index (χ3n) is 0.761. The monoisotopic (exact) mass is 192 g/mol. The van der Waals surface area contributed by atoms with Crippen molar-refractivity contribution in [3.05, 3.63) is 0 Å². The van der Waals surface area contributed by atoms with Gasteiger partial charge in [0.2, 0.25) is 0 Å². The van der Waals surface area contributed by atoms with Gasteiger partial charge in [0.05, 0.1) is 24.5 Å². The summed E-state index contributed by atoms with van der Waals surface area (Å²) in [5.74, 6) is 0. The molecule has 0 amide bonds. The molecule has 0 heterocycles. The van der Waals surface area contributed by atoms with Crippen LogP contribution >= 0.6 is 11.8 Å². The fourth-order valence-electron chi connectivity index (χ4n) is 0.432. The van der Waals surface area contributed by atoms with Crippen LogP contribution in [0.15, 0.2) is 0 Å². The normalized spacial score (nSPS) is 9.67. The second-order valence-electron chi connectivity index (χ2n) is 2.20. The molecule has 0 atom stereocenters. The highest BCUT2D eigenvalue weighted by Crippen LogP contribution is 2.10. The average molecular weight is 192 g/mol. The van der Waals surface area contributed by atoms with E-state index in [0.717, 1.165) is 0 Å². The number of rotatable bonds is 2. The number of hydrogen-bond acceptors (Lipinski definition) is 5. The minimum atomic E-state index is -0.622. The Hall–Kier alpha value is -0.710. The quantitative estimate of drug-likeness (QED) is 0.629. The molecule has 70 valence electrons. The van der Waals surface area contributed by atoms with E-state index in [1.165, 1.54) is 0 Å².